The second-order valence-corrected chi connectivity index (χ2v) is 7.26. The minimum absolute atomic E-state index is 0.239. The maximum atomic E-state index is 12.5. The number of rotatable bonds is 4. The molecular formula is C15H18N4O4S. The summed E-state index contributed by atoms with van der Waals surface area (Å²) in [5, 5.41) is 2.74. The zero-order valence-corrected chi connectivity index (χ0v) is 13.9. The molecule has 0 aromatic carbocycles. The molecule has 8 nitrogen and oxygen atoms in total. The molecule has 1 fully saturated rings. The van der Waals surface area contributed by atoms with Gasteiger partial charge in [-0.05, 0) is 30.7 Å². The molecule has 0 unspecified atom stereocenters. The SMILES string of the molecule is CN1[C@@H](C(=O)NCc2ccccn2)C[C@@H](c2ccco2)NS1(=O)=O. The first-order valence-electron chi connectivity index (χ1n) is 7.43. The van der Waals surface area contributed by atoms with Crippen LogP contribution in [0.15, 0.2) is 47.2 Å². The molecule has 1 aliphatic rings. The average Bonchev–Trinajstić information content (AvgIpc) is 3.10. The summed E-state index contributed by atoms with van der Waals surface area (Å²) in [5.41, 5.74) is 0.702. The van der Waals surface area contributed by atoms with Crippen LogP contribution < -0.4 is 10.0 Å². The van der Waals surface area contributed by atoms with E-state index in [4.69, 9.17) is 4.42 Å². The molecule has 0 bridgehead atoms. The smallest absolute Gasteiger partial charge is 0.280 e. The fourth-order valence-corrected chi connectivity index (χ4v) is 3.84. The Labute approximate surface area is 140 Å². The number of amides is 1. The van der Waals surface area contributed by atoms with E-state index in [2.05, 4.69) is 15.0 Å². The second kappa shape index (κ2) is 6.71. The lowest BCUT2D eigenvalue weighted by Gasteiger charge is -2.35. The third kappa shape index (κ3) is 3.48. The van der Waals surface area contributed by atoms with E-state index in [0.717, 1.165) is 4.31 Å². The van der Waals surface area contributed by atoms with Crippen molar-refractivity contribution in [3.63, 3.8) is 0 Å². The fraction of sp³-hybridized carbons (Fsp3) is 0.333. The van der Waals surface area contributed by atoms with Crippen LogP contribution in [-0.4, -0.2) is 36.7 Å². The number of likely N-dealkylation sites (N-methyl/N-ethyl adjacent to an activating group) is 1. The van der Waals surface area contributed by atoms with Crippen molar-refractivity contribution < 1.29 is 17.6 Å². The molecule has 9 heteroatoms. The third-order valence-corrected chi connectivity index (χ3v) is 5.52. The number of carbonyl (C=O) groups excluding carboxylic acids is 1. The first kappa shape index (κ1) is 16.6. The van der Waals surface area contributed by atoms with E-state index in [1.165, 1.54) is 13.3 Å². The number of aromatic nitrogens is 1. The Morgan fingerprint density at radius 2 is 2.25 bits per heavy atom. The van der Waals surface area contributed by atoms with Gasteiger partial charge >= 0.3 is 0 Å². The molecule has 2 aromatic rings. The van der Waals surface area contributed by atoms with Gasteiger partial charge in [-0.25, -0.2) is 0 Å². The van der Waals surface area contributed by atoms with Crippen LogP contribution in [0.3, 0.4) is 0 Å². The Balaban J connectivity index is 1.73. The summed E-state index contributed by atoms with van der Waals surface area (Å²) in [6.45, 7) is 0.239. The predicted molar refractivity (Wildman–Crippen MR) is 85.8 cm³/mol. The Morgan fingerprint density at radius 1 is 1.42 bits per heavy atom. The van der Waals surface area contributed by atoms with E-state index in [1.54, 1.807) is 30.5 Å². The number of hydrogen-bond donors (Lipinski definition) is 2. The van der Waals surface area contributed by atoms with Gasteiger partial charge in [0.2, 0.25) is 5.91 Å². The van der Waals surface area contributed by atoms with Gasteiger partial charge in [-0.2, -0.15) is 17.4 Å². The van der Waals surface area contributed by atoms with E-state index >= 15 is 0 Å². The van der Waals surface area contributed by atoms with Gasteiger partial charge < -0.3 is 9.73 Å². The highest BCUT2D eigenvalue weighted by Gasteiger charge is 2.41. The third-order valence-electron chi connectivity index (χ3n) is 3.93. The summed E-state index contributed by atoms with van der Waals surface area (Å²) in [5.74, 6) is 0.110. The average molecular weight is 350 g/mol. The number of nitrogens with zero attached hydrogens (tertiary/aromatic N) is 2. The zero-order valence-electron chi connectivity index (χ0n) is 13.0. The maximum Gasteiger partial charge on any atom is 0.280 e. The Kier molecular flexibility index (Phi) is 4.65. The van der Waals surface area contributed by atoms with Gasteiger partial charge in [0.1, 0.15) is 11.8 Å². The topological polar surface area (TPSA) is 105 Å². The van der Waals surface area contributed by atoms with E-state index in [9.17, 15) is 13.2 Å². The van der Waals surface area contributed by atoms with Crippen LogP contribution >= 0.6 is 0 Å². The molecule has 0 spiro atoms. The Hall–Kier alpha value is -2.23. The molecule has 0 aliphatic carbocycles. The lowest BCUT2D eigenvalue weighted by atomic mass is 10.0. The first-order valence-corrected chi connectivity index (χ1v) is 8.87. The van der Waals surface area contributed by atoms with Crippen molar-refractivity contribution in [2.75, 3.05) is 7.05 Å². The van der Waals surface area contributed by atoms with Crippen molar-refractivity contribution in [1.82, 2.24) is 19.3 Å². The van der Waals surface area contributed by atoms with Crippen molar-refractivity contribution in [2.24, 2.45) is 0 Å². The van der Waals surface area contributed by atoms with Gasteiger partial charge in [0, 0.05) is 13.2 Å². The molecule has 0 saturated carbocycles. The number of nitrogens with one attached hydrogen (secondary N) is 2. The van der Waals surface area contributed by atoms with Crippen LogP contribution in [0, 0.1) is 0 Å². The highest BCUT2D eigenvalue weighted by atomic mass is 32.2. The van der Waals surface area contributed by atoms with Crippen molar-refractivity contribution in [3.05, 3.63) is 54.2 Å². The number of furan rings is 1. The second-order valence-electron chi connectivity index (χ2n) is 5.50. The molecule has 1 aliphatic heterocycles. The van der Waals surface area contributed by atoms with Crippen molar-refractivity contribution in [3.8, 4) is 0 Å². The number of hydrogen-bond acceptors (Lipinski definition) is 5. The quantitative estimate of drug-likeness (QED) is 0.839. The van der Waals surface area contributed by atoms with E-state index in [0.29, 0.717) is 11.5 Å². The van der Waals surface area contributed by atoms with Gasteiger partial charge in [-0.15, -0.1) is 0 Å². The molecule has 1 amide bonds. The molecular weight excluding hydrogens is 332 g/mol. The van der Waals surface area contributed by atoms with Crippen LogP contribution in [0.1, 0.15) is 23.9 Å². The lowest BCUT2D eigenvalue weighted by Crippen LogP contribution is -2.57. The molecule has 2 N–H and O–H groups in total. The summed E-state index contributed by atoms with van der Waals surface area (Å²) >= 11 is 0. The number of carbonyl (C=O) groups is 1. The highest BCUT2D eigenvalue weighted by Crippen LogP contribution is 2.27. The van der Waals surface area contributed by atoms with Crippen molar-refractivity contribution in [2.45, 2.75) is 25.0 Å². The van der Waals surface area contributed by atoms with Gasteiger partial charge in [0.05, 0.1) is 24.5 Å². The normalized spacial score (nSPS) is 23.7. The molecule has 2 aromatic heterocycles. The van der Waals surface area contributed by atoms with Crippen molar-refractivity contribution in [1.29, 1.82) is 0 Å². The van der Waals surface area contributed by atoms with Crippen LogP contribution in [0.25, 0.3) is 0 Å². The van der Waals surface area contributed by atoms with Gasteiger partial charge in [0.15, 0.2) is 0 Å². The van der Waals surface area contributed by atoms with E-state index < -0.39 is 22.3 Å². The van der Waals surface area contributed by atoms with Crippen LogP contribution in [0.5, 0.6) is 0 Å². The van der Waals surface area contributed by atoms with Crippen LogP contribution in [0.2, 0.25) is 0 Å². The molecule has 2 atom stereocenters. The molecule has 128 valence electrons. The highest BCUT2D eigenvalue weighted by molar-refractivity contribution is 7.87. The van der Waals surface area contributed by atoms with Crippen molar-refractivity contribution >= 4 is 16.1 Å². The van der Waals surface area contributed by atoms with Crippen LogP contribution in [0.4, 0.5) is 0 Å². The summed E-state index contributed by atoms with van der Waals surface area (Å²) < 4.78 is 33.3. The first-order chi connectivity index (χ1) is 11.5. The monoisotopic (exact) mass is 350 g/mol. The standard InChI is InChI=1S/C15H18N4O4S/c1-19-13(15(20)17-10-11-5-2-3-7-16-11)9-12(18-24(19,21)22)14-6-4-8-23-14/h2-8,12-13,18H,9-10H2,1H3,(H,17,20)/t12-,13+/m0/s1. The van der Waals surface area contributed by atoms with Gasteiger partial charge in [-0.3, -0.25) is 9.78 Å². The Morgan fingerprint density at radius 3 is 2.92 bits per heavy atom. The van der Waals surface area contributed by atoms with Gasteiger partial charge in [0.25, 0.3) is 10.2 Å². The predicted octanol–water partition coefficient (Wildman–Crippen LogP) is 0.571. The molecule has 1 saturated heterocycles. The molecule has 3 rings (SSSR count). The largest absolute Gasteiger partial charge is 0.468 e. The summed E-state index contributed by atoms with van der Waals surface area (Å²) in [6.07, 6.45) is 3.38. The molecule has 24 heavy (non-hydrogen) atoms. The minimum atomic E-state index is -3.77. The molecule has 3 heterocycles. The van der Waals surface area contributed by atoms with E-state index in [-0.39, 0.29) is 18.9 Å². The summed E-state index contributed by atoms with van der Waals surface area (Å²) in [4.78, 5) is 16.6. The molecule has 0 radical (unpaired) electrons. The summed E-state index contributed by atoms with van der Waals surface area (Å²) in [6, 6.07) is 7.35. The zero-order chi connectivity index (χ0) is 17.2. The van der Waals surface area contributed by atoms with Gasteiger partial charge in [-0.1, -0.05) is 6.07 Å². The minimum Gasteiger partial charge on any atom is -0.468 e. The fourth-order valence-electron chi connectivity index (χ4n) is 2.58. The van der Waals surface area contributed by atoms with Crippen LogP contribution in [-0.2, 0) is 21.5 Å². The summed E-state index contributed by atoms with van der Waals surface area (Å²) in [7, 11) is -2.39. The Bertz CT molecular complexity index is 792. The maximum absolute atomic E-state index is 12.5. The number of pyridine rings is 1. The lowest BCUT2D eigenvalue weighted by molar-refractivity contribution is -0.125. The van der Waals surface area contributed by atoms with E-state index in [1.807, 2.05) is 6.07 Å².